The predicted molar refractivity (Wildman–Crippen MR) is 69.7 cm³/mol. The molecule has 0 fully saturated rings. The van der Waals surface area contributed by atoms with Crippen LogP contribution in [0.15, 0.2) is 16.7 Å². The van der Waals surface area contributed by atoms with E-state index in [1.807, 2.05) is 20.8 Å². The summed E-state index contributed by atoms with van der Waals surface area (Å²) in [6, 6.07) is 1.52. The van der Waals surface area contributed by atoms with E-state index in [2.05, 4.69) is 9.38 Å². The number of hydrogen-bond acceptors (Lipinski definition) is 2. The molecule has 88 valence electrons. The molecule has 1 aromatic rings. The van der Waals surface area contributed by atoms with E-state index in [1.54, 1.807) is 0 Å². The number of aromatic nitrogens is 1. The van der Waals surface area contributed by atoms with Crippen molar-refractivity contribution in [3.63, 3.8) is 0 Å². The van der Waals surface area contributed by atoms with E-state index in [0.29, 0.717) is 15.7 Å². The van der Waals surface area contributed by atoms with Crippen LogP contribution in [-0.4, -0.2) is 20.2 Å². The number of hydrogen-bond donors (Lipinski definition) is 0. The largest absolute Gasteiger partial charge is 0.244 e. The standard InChI is InChI=1S/C10H12Cl2N2OS/c1-10(2,3)16(15)14-6-7-5-13-9(12)4-8(7)11/h4-6H,1-3H3. The van der Waals surface area contributed by atoms with Crippen LogP contribution >= 0.6 is 23.2 Å². The molecule has 3 nitrogen and oxygen atoms in total. The van der Waals surface area contributed by atoms with E-state index in [4.69, 9.17) is 23.2 Å². The van der Waals surface area contributed by atoms with E-state index >= 15 is 0 Å². The highest BCUT2D eigenvalue weighted by molar-refractivity contribution is 7.85. The van der Waals surface area contributed by atoms with Gasteiger partial charge >= 0.3 is 0 Å². The molecule has 0 amide bonds. The lowest BCUT2D eigenvalue weighted by Gasteiger charge is -2.12. The van der Waals surface area contributed by atoms with Gasteiger partial charge in [0.25, 0.3) is 0 Å². The molecule has 0 aliphatic rings. The van der Waals surface area contributed by atoms with Crippen LogP contribution in [0.25, 0.3) is 0 Å². The third kappa shape index (κ3) is 3.85. The zero-order valence-electron chi connectivity index (χ0n) is 9.20. The van der Waals surface area contributed by atoms with Gasteiger partial charge in [-0.25, -0.2) is 9.19 Å². The molecular formula is C10H12Cl2N2OS. The van der Waals surface area contributed by atoms with Crippen LogP contribution in [0.2, 0.25) is 10.2 Å². The highest BCUT2D eigenvalue weighted by Crippen LogP contribution is 2.18. The molecular weight excluding hydrogens is 267 g/mol. The fourth-order valence-corrected chi connectivity index (χ4v) is 1.72. The fraction of sp³-hybridized carbons (Fsp3) is 0.400. The van der Waals surface area contributed by atoms with Gasteiger partial charge in [0.2, 0.25) is 0 Å². The average Bonchev–Trinajstić information content (AvgIpc) is 2.14. The molecule has 0 radical (unpaired) electrons. The molecule has 0 aliphatic carbocycles. The van der Waals surface area contributed by atoms with Gasteiger partial charge in [-0.3, -0.25) is 0 Å². The van der Waals surface area contributed by atoms with E-state index in [1.165, 1.54) is 18.5 Å². The van der Waals surface area contributed by atoms with Crippen LogP contribution in [0.4, 0.5) is 0 Å². The normalized spacial score (nSPS) is 14.3. The van der Waals surface area contributed by atoms with Crippen molar-refractivity contribution in [2.45, 2.75) is 25.5 Å². The second kappa shape index (κ2) is 5.25. The van der Waals surface area contributed by atoms with E-state index < -0.39 is 11.0 Å². The zero-order chi connectivity index (χ0) is 12.3. The minimum atomic E-state index is -1.30. The first-order chi connectivity index (χ1) is 7.30. The Morgan fingerprint density at radius 1 is 1.44 bits per heavy atom. The smallest absolute Gasteiger partial charge is 0.144 e. The zero-order valence-corrected chi connectivity index (χ0v) is 11.5. The second-order valence-electron chi connectivity index (χ2n) is 4.12. The monoisotopic (exact) mass is 278 g/mol. The summed E-state index contributed by atoms with van der Waals surface area (Å²) < 4.78 is 15.2. The number of nitrogens with zero attached hydrogens (tertiary/aromatic N) is 2. The quantitative estimate of drug-likeness (QED) is 0.616. The van der Waals surface area contributed by atoms with Crippen molar-refractivity contribution >= 4 is 40.4 Å². The average molecular weight is 279 g/mol. The van der Waals surface area contributed by atoms with E-state index in [0.717, 1.165) is 0 Å². The topological polar surface area (TPSA) is 42.3 Å². The molecule has 0 aliphatic heterocycles. The van der Waals surface area contributed by atoms with Crippen molar-refractivity contribution < 1.29 is 4.21 Å². The third-order valence-corrected chi connectivity index (χ3v) is 3.54. The number of rotatable bonds is 2. The summed E-state index contributed by atoms with van der Waals surface area (Å²) in [6.45, 7) is 5.55. The summed E-state index contributed by atoms with van der Waals surface area (Å²) in [5.74, 6) is 0. The van der Waals surface area contributed by atoms with Crippen LogP contribution in [0.3, 0.4) is 0 Å². The van der Waals surface area contributed by atoms with Gasteiger partial charge in [0, 0.05) is 18.0 Å². The minimum Gasteiger partial charge on any atom is -0.244 e. The second-order valence-corrected chi connectivity index (χ2v) is 6.85. The van der Waals surface area contributed by atoms with E-state index in [-0.39, 0.29) is 4.75 Å². The Morgan fingerprint density at radius 2 is 2.06 bits per heavy atom. The SMILES string of the molecule is CC(C)(C)S(=O)N=Cc1cnc(Cl)cc1Cl. The van der Waals surface area contributed by atoms with Crippen molar-refractivity contribution in [3.8, 4) is 0 Å². The maximum absolute atomic E-state index is 11.6. The van der Waals surface area contributed by atoms with Crippen molar-refractivity contribution in [1.82, 2.24) is 4.98 Å². The van der Waals surface area contributed by atoms with Gasteiger partial charge in [0.05, 0.1) is 9.77 Å². The first kappa shape index (κ1) is 13.6. The number of halogens is 2. The molecule has 0 bridgehead atoms. The van der Waals surface area contributed by atoms with Crippen LogP contribution in [0.1, 0.15) is 26.3 Å². The maximum Gasteiger partial charge on any atom is 0.144 e. The first-order valence-electron chi connectivity index (χ1n) is 4.58. The maximum atomic E-state index is 11.6. The lowest BCUT2D eigenvalue weighted by molar-refractivity contribution is 0.651. The van der Waals surface area contributed by atoms with Crippen molar-refractivity contribution in [2.24, 2.45) is 4.40 Å². The van der Waals surface area contributed by atoms with Gasteiger partial charge in [0.15, 0.2) is 0 Å². The van der Waals surface area contributed by atoms with Crippen LogP contribution in [-0.2, 0) is 11.0 Å². The van der Waals surface area contributed by atoms with Gasteiger partial charge in [-0.15, -0.1) is 0 Å². The Hall–Kier alpha value is -0.450. The van der Waals surface area contributed by atoms with E-state index in [9.17, 15) is 4.21 Å². The molecule has 0 aromatic carbocycles. The Morgan fingerprint density at radius 3 is 2.56 bits per heavy atom. The number of pyridine rings is 1. The lowest BCUT2D eigenvalue weighted by Crippen LogP contribution is -2.19. The molecule has 1 heterocycles. The van der Waals surface area contributed by atoms with Crippen LogP contribution in [0.5, 0.6) is 0 Å². The highest BCUT2D eigenvalue weighted by Gasteiger charge is 2.18. The molecule has 0 spiro atoms. The van der Waals surface area contributed by atoms with Gasteiger partial charge in [-0.05, 0) is 26.8 Å². The van der Waals surface area contributed by atoms with Crippen molar-refractivity contribution in [1.29, 1.82) is 0 Å². The van der Waals surface area contributed by atoms with Crippen molar-refractivity contribution in [3.05, 3.63) is 28.0 Å². The molecule has 0 N–H and O–H groups in total. The van der Waals surface area contributed by atoms with Gasteiger partial charge in [-0.1, -0.05) is 23.2 Å². The summed E-state index contributed by atoms with van der Waals surface area (Å²) >= 11 is 11.6. The minimum absolute atomic E-state index is 0.319. The summed E-state index contributed by atoms with van der Waals surface area (Å²) in [6.07, 6.45) is 2.95. The van der Waals surface area contributed by atoms with Crippen LogP contribution < -0.4 is 0 Å². The third-order valence-electron chi connectivity index (χ3n) is 1.66. The Balaban J connectivity index is 2.89. The summed E-state index contributed by atoms with van der Waals surface area (Å²) in [5, 5.41) is 0.758. The Kier molecular flexibility index (Phi) is 4.47. The molecule has 6 heteroatoms. The van der Waals surface area contributed by atoms with Gasteiger partial charge in [0.1, 0.15) is 16.1 Å². The predicted octanol–water partition coefficient (Wildman–Crippen LogP) is 3.27. The molecule has 0 saturated carbocycles. The molecule has 1 unspecified atom stereocenters. The Labute approximate surface area is 107 Å². The summed E-state index contributed by atoms with van der Waals surface area (Å²) in [4.78, 5) is 3.87. The lowest BCUT2D eigenvalue weighted by atomic mass is 10.3. The summed E-state index contributed by atoms with van der Waals surface area (Å²) in [7, 11) is -1.30. The first-order valence-corrected chi connectivity index (χ1v) is 6.44. The molecule has 0 saturated heterocycles. The fourth-order valence-electron chi connectivity index (χ4n) is 0.776. The van der Waals surface area contributed by atoms with Gasteiger partial charge < -0.3 is 0 Å². The van der Waals surface area contributed by atoms with Crippen molar-refractivity contribution in [2.75, 3.05) is 0 Å². The molecule has 1 aromatic heterocycles. The Bertz CT molecular complexity index is 441. The molecule has 1 atom stereocenters. The highest BCUT2D eigenvalue weighted by atomic mass is 35.5. The van der Waals surface area contributed by atoms with Crippen LogP contribution in [0, 0.1) is 0 Å². The molecule has 1 rings (SSSR count). The summed E-state index contributed by atoms with van der Waals surface area (Å²) in [5.41, 5.74) is 0.601. The van der Waals surface area contributed by atoms with Gasteiger partial charge in [-0.2, -0.15) is 4.40 Å². The molecule has 16 heavy (non-hydrogen) atoms.